The Morgan fingerprint density at radius 1 is 1.14 bits per heavy atom. The predicted octanol–water partition coefficient (Wildman–Crippen LogP) is 3.12. The van der Waals surface area contributed by atoms with E-state index in [0.717, 1.165) is 6.42 Å². The standard InChI is InChI=1S/C28H33ClN2O6/c1-17(2)15-20(16-32)31-24-26(34)30(19-10-8-18(29)9-11-19)13-6-12-28(24)23(25(31)33)22-21(37-28)7-4-3-5-14-36-27(22)35/h4,6-12,17,20-24,32H,3,5,13-16H2,1-2H3/b7-4-/t20-,21+,22-,23+,24?,28+/m1/s1. The Hall–Kier alpha value is -2.68. The van der Waals surface area contributed by atoms with Gasteiger partial charge in [0.15, 0.2) is 0 Å². The van der Waals surface area contributed by atoms with Crippen LogP contribution in [0.1, 0.15) is 33.1 Å². The molecule has 9 heteroatoms. The second-order valence-corrected chi connectivity index (χ2v) is 11.1. The third-order valence-electron chi connectivity index (χ3n) is 7.77. The van der Waals surface area contributed by atoms with Crippen molar-refractivity contribution in [3.05, 3.63) is 53.6 Å². The van der Waals surface area contributed by atoms with Crippen LogP contribution in [0.4, 0.5) is 5.69 Å². The molecule has 4 heterocycles. The Labute approximate surface area is 221 Å². The highest BCUT2D eigenvalue weighted by molar-refractivity contribution is 6.30. The lowest BCUT2D eigenvalue weighted by molar-refractivity contribution is -0.155. The number of cyclic esters (lactones) is 1. The quantitative estimate of drug-likeness (QED) is 0.466. The molecule has 0 radical (unpaired) electrons. The molecule has 4 aliphatic rings. The molecule has 2 fully saturated rings. The molecule has 0 saturated carbocycles. The highest BCUT2D eigenvalue weighted by Gasteiger charge is 2.72. The lowest BCUT2D eigenvalue weighted by Crippen LogP contribution is -2.58. The number of anilines is 1. The highest BCUT2D eigenvalue weighted by Crippen LogP contribution is 2.54. The summed E-state index contributed by atoms with van der Waals surface area (Å²) in [6.45, 7) is 4.22. The molecule has 2 amide bonds. The van der Waals surface area contributed by atoms with Gasteiger partial charge >= 0.3 is 5.97 Å². The van der Waals surface area contributed by atoms with Gasteiger partial charge in [-0.2, -0.15) is 0 Å². The number of allylic oxidation sites excluding steroid dienone is 1. The summed E-state index contributed by atoms with van der Waals surface area (Å²) in [4.78, 5) is 45.0. The number of aliphatic hydroxyl groups is 1. The summed E-state index contributed by atoms with van der Waals surface area (Å²) in [7, 11) is 0. The number of aliphatic hydroxyl groups excluding tert-OH is 1. The van der Waals surface area contributed by atoms with Gasteiger partial charge in [-0.25, -0.2) is 0 Å². The topological polar surface area (TPSA) is 96.4 Å². The first-order chi connectivity index (χ1) is 17.8. The van der Waals surface area contributed by atoms with Crippen LogP contribution in [0.15, 0.2) is 48.6 Å². The maximum absolute atomic E-state index is 14.4. The van der Waals surface area contributed by atoms with Crippen LogP contribution in [0.2, 0.25) is 5.02 Å². The molecular weight excluding hydrogens is 496 g/mol. The fourth-order valence-corrected chi connectivity index (χ4v) is 6.39. The molecule has 0 bridgehead atoms. The van der Waals surface area contributed by atoms with Gasteiger partial charge in [-0.3, -0.25) is 14.4 Å². The van der Waals surface area contributed by atoms with Crippen LogP contribution >= 0.6 is 11.6 Å². The predicted molar refractivity (Wildman–Crippen MR) is 138 cm³/mol. The molecule has 0 aliphatic carbocycles. The Bertz CT molecular complexity index is 1120. The summed E-state index contributed by atoms with van der Waals surface area (Å²) in [6.07, 6.45) is 8.61. The van der Waals surface area contributed by atoms with Gasteiger partial charge in [-0.1, -0.05) is 49.8 Å². The van der Waals surface area contributed by atoms with Crippen molar-refractivity contribution in [2.45, 2.75) is 56.9 Å². The molecule has 0 aromatic heterocycles. The van der Waals surface area contributed by atoms with Crippen molar-refractivity contribution in [2.75, 3.05) is 24.7 Å². The number of likely N-dealkylation sites (tertiary alicyclic amines) is 1. The molecule has 2 saturated heterocycles. The van der Waals surface area contributed by atoms with E-state index in [-0.39, 0.29) is 37.5 Å². The van der Waals surface area contributed by atoms with Gasteiger partial charge in [-0.05, 0) is 49.4 Å². The van der Waals surface area contributed by atoms with Gasteiger partial charge in [0.1, 0.15) is 17.6 Å². The molecule has 5 rings (SSSR count). The second kappa shape index (κ2) is 10.2. The minimum Gasteiger partial charge on any atom is -0.465 e. The Morgan fingerprint density at radius 3 is 2.59 bits per heavy atom. The molecule has 198 valence electrons. The van der Waals surface area contributed by atoms with E-state index in [0.29, 0.717) is 23.6 Å². The number of ether oxygens (including phenoxy) is 2. The minimum absolute atomic E-state index is 0.164. The van der Waals surface area contributed by atoms with Crippen molar-refractivity contribution in [1.29, 1.82) is 0 Å². The van der Waals surface area contributed by atoms with Crippen LogP contribution < -0.4 is 4.90 Å². The smallest absolute Gasteiger partial charge is 0.312 e. The fraction of sp³-hybridized carbons (Fsp3) is 0.536. The van der Waals surface area contributed by atoms with E-state index >= 15 is 0 Å². The van der Waals surface area contributed by atoms with Crippen molar-refractivity contribution in [3.63, 3.8) is 0 Å². The largest absolute Gasteiger partial charge is 0.465 e. The molecule has 37 heavy (non-hydrogen) atoms. The molecule has 1 unspecified atom stereocenters. The van der Waals surface area contributed by atoms with Gasteiger partial charge < -0.3 is 24.4 Å². The summed E-state index contributed by atoms with van der Waals surface area (Å²) in [6, 6.07) is 5.29. The molecule has 1 aromatic carbocycles. The Balaban J connectivity index is 1.64. The Morgan fingerprint density at radius 2 is 1.89 bits per heavy atom. The van der Waals surface area contributed by atoms with E-state index in [1.54, 1.807) is 35.2 Å². The second-order valence-electron chi connectivity index (χ2n) is 10.6. The van der Waals surface area contributed by atoms with E-state index in [4.69, 9.17) is 21.1 Å². The van der Waals surface area contributed by atoms with Gasteiger partial charge in [-0.15, -0.1) is 0 Å². The van der Waals surface area contributed by atoms with Crippen molar-refractivity contribution in [1.82, 2.24) is 4.90 Å². The molecule has 6 atom stereocenters. The molecule has 1 spiro atoms. The number of nitrogens with zero attached hydrogens (tertiary/aromatic N) is 2. The van der Waals surface area contributed by atoms with E-state index in [1.807, 2.05) is 32.1 Å². The number of fused-ring (bicyclic) bond motifs is 2. The number of esters is 1. The average molecular weight is 529 g/mol. The first-order valence-electron chi connectivity index (χ1n) is 13.0. The van der Waals surface area contributed by atoms with Crippen LogP contribution in [0, 0.1) is 17.8 Å². The Kier molecular flexibility index (Phi) is 7.18. The summed E-state index contributed by atoms with van der Waals surface area (Å²) in [5.74, 6) is -2.84. The van der Waals surface area contributed by atoms with Crippen LogP contribution in [0.25, 0.3) is 0 Å². The van der Waals surface area contributed by atoms with Crippen molar-refractivity contribution in [2.24, 2.45) is 17.8 Å². The number of rotatable bonds is 5. The zero-order valence-electron chi connectivity index (χ0n) is 21.1. The van der Waals surface area contributed by atoms with Crippen molar-refractivity contribution in [3.8, 4) is 0 Å². The van der Waals surface area contributed by atoms with Gasteiger partial charge in [0.05, 0.1) is 31.3 Å². The molecule has 1 N–H and O–H groups in total. The van der Waals surface area contributed by atoms with Crippen molar-refractivity contribution < 1.29 is 29.0 Å². The minimum atomic E-state index is -1.36. The first-order valence-corrected chi connectivity index (χ1v) is 13.3. The third-order valence-corrected chi connectivity index (χ3v) is 8.03. The van der Waals surface area contributed by atoms with Crippen LogP contribution in [0.5, 0.6) is 0 Å². The molecule has 8 nitrogen and oxygen atoms in total. The maximum atomic E-state index is 14.4. The van der Waals surface area contributed by atoms with E-state index < -0.39 is 41.6 Å². The zero-order valence-corrected chi connectivity index (χ0v) is 21.8. The average Bonchev–Trinajstić information content (AvgIpc) is 3.28. The molecule has 4 aliphatic heterocycles. The van der Waals surface area contributed by atoms with E-state index in [2.05, 4.69) is 0 Å². The lowest BCUT2D eigenvalue weighted by Gasteiger charge is -2.39. The van der Waals surface area contributed by atoms with Gasteiger partial charge in [0.25, 0.3) is 5.91 Å². The zero-order chi connectivity index (χ0) is 26.3. The third kappa shape index (κ3) is 4.39. The van der Waals surface area contributed by atoms with Gasteiger partial charge in [0, 0.05) is 17.3 Å². The van der Waals surface area contributed by atoms with Crippen LogP contribution in [-0.4, -0.2) is 71.3 Å². The summed E-state index contributed by atoms with van der Waals surface area (Å²) < 4.78 is 12.2. The first kappa shape index (κ1) is 25.9. The number of benzene rings is 1. The number of hydrogen-bond acceptors (Lipinski definition) is 6. The molecular formula is C28H33ClN2O6. The number of hydrogen-bond donors (Lipinski definition) is 1. The SMILES string of the molecule is CC(C)C[C@H](CO)N1C(=O)[C@@H]2[C@@H]3C(=O)OCCC/C=C\[C@@H]3O[C@@]23C=CCN(c2ccc(Cl)cc2)C(=O)C13. The van der Waals surface area contributed by atoms with E-state index in [1.165, 1.54) is 4.90 Å². The fourth-order valence-electron chi connectivity index (χ4n) is 6.26. The number of carbonyl (C=O) groups excluding carboxylic acids is 3. The summed E-state index contributed by atoms with van der Waals surface area (Å²) >= 11 is 6.08. The monoisotopic (exact) mass is 528 g/mol. The van der Waals surface area contributed by atoms with Crippen LogP contribution in [0.3, 0.4) is 0 Å². The maximum Gasteiger partial charge on any atom is 0.312 e. The number of amides is 2. The highest BCUT2D eigenvalue weighted by atomic mass is 35.5. The normalized spacial score (nSPS) is 33.2. The van der Waals surface area contributed by atoms with E-state index in [9.17, 15) is 19.5 Å². The van der Waals surface area contributed by atoms with Crippen molar-refractivity contribution >= 4 is 35.1 Å². The summed E-state index contributed by atoms with van der Waals surface area (Å²) in [5.41, 5.74) is -0.728. The molecule has 1 aromatic rings. The van der Waals surface area contributed by atoms with Gasteiger partial charge in [0.2, 0.25) is 5.91 Å². The number of halogens is 1. The number of carbonyl (C=O) groups is 3. The lowest BCUT2D eigenvalue weighted by atomic mass is 9.78. The van der Waals surface area contributed by atoms with Crippen LogP contribution in [-0.2, 0) is 23.9 Å². The summed E-state index contributed by atoms with van der Waals surface area (Å²) in [5, 5.41) is 10.9.